The van der Waals surface area contributed by atoms with E-state index < -0.39 is 0 Å². The van der Waals surface area contributed by atoms with Crippen molar-refractivity contribution in [3.63, 3.8) is 0 Å². The Labute approximate surface area is 125 Å². The number of hydrogen-bond acceptors (Lipinski definition) is 5. The van der Waals surface area contributed by atoms with Crippen molar-refractivity contribution in [3.05, 3.63) is 52.1 Å². The lowest BCUT2D eigenvalue weighted by Gasteiger charge is -2.08. The summed E-state index contributed by atoms with van der Waals surface area (Å²) in [5.41, 5.74) is 8.35. The monoisotopic (exact) mass is 298 g/mol. The van der Waals surface area contributed by atoms with Gasteiger partial charge in [0.2, 0.25) is 0 Å². The van der Waals surface area contributed by atoms with Gasteiger partial charge in [0.05, 0.1) is 11.2 Å². The number of nitrogens with zero attached hydrogens (tertiary/aromatic N) is 2. The van der Waals surface area contributed by atoms with Gasteiger partial charge in [-0.05, 0) is 19.1 Å². The number of hydrogen-bond donors (Lipinski definition) is 2. The van der Waals surface area contributed by atoms with Crippen molar-refractivity contribution in [2.24, 2.45) is 5.73 Å². The van der Waals surface area contributed by atoms with E-state index in [0.29, 0.717) is 12.2 Å². The van der Waals surface area contributed by atoms with Crippen LogP contribution < -0.4 is 11.1 Å². The van der Waals surface area contributed by atoms with Crippen LogP contribution in [0.25, 0.3) is 10.9 Å². The minimum absolute atomic E-state index is 0.235. The van der Waals surface area contributed by atoms with E-state index in [-0.39, 0.29) is 5.91 Å². The predicted molar refractivity (Wildman–Crippen MR) is 84.4 cm³/mol. The van der Waals surface area contributed by atoms with Gasteiger partial charge in [0.1, 0.15) is 10.7 Å². The quantitative estimate of drug-likeness (QED) is 0.779. The number of carbonyl (C=O) groups is 1. The Balaban J connectivity index is 1.95. The van der Waals surface area contributed by atoms with Crippen molar-refractivity contribution in [2.75, 3.05) is 5.32 Å². The first-order valence-corrected chi connectivity index (χ1v) is 7.37. The number of thiazole rings is 1. The first-order valence-electron chi connectivity index (χ1n) is 6.49. The number of aryl methyl sites for hydroxylation is 1. The molecule has 0 radical (unpaired) electrons. The summed E-state index contributed by atoms with van der Waals surface area (Å²) in [6.07, 6.45) is 0. The molecule has 3 aromatic rings. The Morgan fingerprint density at radius 2 is 2.14 bits per heavy atom. The number of carbonyl (C=O) groups excluding carboxylic acids is 1. The Morgan fingerprint density at radius 3 is 2.90 bits per heavy atom. The number of benzene rings is 1. The summed E-state index contributed by atoms with van der Waals surface area (Å²) < 4.78 is 0. The zero-order valence-corrected chi connectivity index (χ0v) is 12.3. The zero-order chi connectivity index (χ0) is 14.8. The molecule has 0 saturated carbocycles. The van der Waals surface area contributed by atoms with E-state index in [1.54, 1.807) is 5.38 Å². The van der Waals surface area contributed by atoms with Gasteiger partial charge < -0.3 is 11.1 Å². The van der Waals surface area contributed by atoms with Crippen molar-refractivity contribution < 1.29 is 4.79 Å². The van der Waals surface area contributed by atoms with Crippen LogP contribution in [0.15, 0.2) is 35.7 Å². The number of amides is 1. The minimum Gasteiger partial charge on any atom is -0.325 e. The highest BCUT2D eigenvalue weighted by Gasteiger charge is 2.12. The lowest BCUT2D eigenvalue weighted by Crippen LogP contribution is -2.13. The molecule has 0 aliphatic rings. The molecule has 0 aliphatic heterocycles. The van der Waals surface area contributed by atoms with Gasteiger partial charge in [0.15, 0.2) is 0 Å². The fraction of sp³-hybridized carbons (Fsp3) is 0.133. The number of fused-ring (bicyclic) bond motifs is 1. The van der Waals surface area contributed by atoms with E-state index in [0.717, 1.165) is 27.3 Å². The smallest absolute Gasteiger partial charge is 0.275 e. The SMILES string of the molecule is Cc1cc(NC(=O)c2csc(CN)n2)c2ccccc2n1. The van der Waals surface area contributed by atoms with Crippen LogP contribution in [-0.2, 0) is 6.54 Å². The van der Waals surface area contributed by atoms with E-state index in [9.17, 15) is 4.79 Å². The molecule has 3 rings (SSSR count). The third kappa shape index (κ3) is 2.76. The number of rotatable bonds is 3. The van der Waals surface area contributed by atoms with E-state index in [1.165, 1.54) is 11.3 Å². The van der Waals surface area contributed by atoms with Crippen molar-refractivity contribution in [2.45, 2.75) is 13.5 Å². The van der Waals surface area contributed by atoms with Crippen LogP contribution in [0.4, 0.5) is 5.69 Å². The first-order chi connectivity index (χ1) is 10.2. The highest BCUT2D eigenvalue weighted by Crippen LogP contribution is 2.23. The number of anilines is 1. The Hall–Kier alpha value is -2.31. The number of nitrogens with two attached hydrogens (primary N) is 1. The number of nitrogens with one attached hydrogen (secondary N) is 1. The molecule has 0 fully saturated rings. The summed E-state index contributed by atoms with van der Waals surface area (Å²) in [4.78, 5) is 20.9. The summed E-state index contributed by atoms with van der Waals surface area (Å²) in [6, 6.07) is 9.56. The second-order valence-electron chi connectivity index (χ2n) is 4.61. The van der Waals surface area contributed by atoms with Gasteiger partial charge in [0, 0.05) is 23.0 Å². The van der Waals surface area contributed by atoms with Gasteiger partial charge in [-0.25, -0.2) is 4.98 Å². The maximum atomic E-state index is 12.3. The number of aromatic nitrogens is 2. The molecule has 3 N–H and O–H groups in total. The summed E-state index contributed by atoms with van der Waals surface area (Å²) in [6.45, 7) is 2.24. The average molecular weight is 298 g/mol. The molecule has 2 heterocycles. The Kier molecular flexibility index (Phi) is 3.64. The molecular weight excluding hydrogens is 284 g/mol. The second kappa shape index (κ2) is 5.59. The third-order valence-electron chi connectivity index (χ3n) is 3.05. The molecule has 6 heteroatoms. The van der Waals surface area contributed by atoms with E-state index in [1.807, 2.05) is 37.3 Å². The Bertz CT molecular complexity index is 812. The van der Waals surface area contributed by atoms with Gasteiger partial charge >= 0.3 is 0 Å². The fourth-order valence-corrected chi connectivity index (χ4v) is 2.76. The largest absolute Gasteiger partial charge is 0.325 e. The van der Waals surface area contributed by atoms with Crippen LogP contribution >= 0.6 is 11.3 Å². The van der Waals surface area contributed by atoms with Crippen molar-refractivity contribution >= 4 is 33.8 Å². The zero-order valence-electron chi connectivity index (χ0n) is 11.5. The first kappa shape index (κ1) is 13.7. The topological polar surface area (TPSA) is 80.9 Å². The van der Waals surface area contributed by atoms with Crippen LogP contribution in [0.5, 0.6) is 0 Å². The summed E-state index contributed by atoms with van der Waals surface area (Å²) in [7, 11) is 0. The molecule has 5 nitrogen and oxygen atoms in total. The molecule has 0 atom stereocenters. The molecule has 0 bridgehead atoms. The van der Waals surface area contributed by atoms with Gasteiger partial charge in [-0.2, -0.15) is 0 Å². The van der Waals surface area contributed by atoms with Crippen molar-refractivity contribution in [3.8, 4) is 0 Å². The Morgan fingerprint density at radius 1 is 1.33 bits per heavy atom. The molecule has 0 saturated heterocycles. The average Bonchev–Trinajstić information content (AvgIpc) is 2.96. The van der Waals surface area contributed by atoms with Crippen LogP contribution in [0.1, 0.15) is 21.2 Å². The third-order valence-corrected chi connectivity index (χ3v) is 3.92. The van der Waals surface area contributed by atoms with Gasteiger partial charge in [-0.1, -0.05) is 18.2 Å². The van der Waals surface area contributed by atoms with Crippen molar-refractivity contribution in [1.29, 1.82) is 0 Å². The normalized spacial score (nSPS) is 10.8. The number of para-hydroxylation sites is 1. The summed E-state index contributed by atoms with van der Waals surface area (Å²) in [5.74, 6) is -0.235. The number of pyridine rings is 1. The van der Waals surface area contributed by atoms with E-state index in [4.69, 9.17) is 5.73 Å². The van der Waals surface area contributed by atoms with E-state index >= 15 is 0 Å². The molecule has 0 aliphatic carbocycles. The second-order valence-corrected chi connectivity index (χ2v) is 5.56. The van der Waals surface area contributed by atoms with Gasteiger partial charge in [-0.3, -0.25) is 9.78 Å². The summed E-state index contributed by atoms with van der Waals surface area (Å²) in [5, 5.41) is 6.27. The molecule has 21 heavy (non-hydrogen) atoms. The molecular formula is C15H14N4OS. The maximum absolute atomic E-state index is 12.3. The van der Waals surface area contributed by atoms with E-state index in [2.05, 4.69) is 15.3 Å². The predicted octanol–water partition coefficient (Wildman–Crippen LogP) is 2.71. The van der Waals surface area contributed by atoms with Crippen molar-refractivity contribution in [1.82, 2.24) is 9.97 Å². The van der Waals surface area contributed by atoms with Crippen LogP contribution in [0.2, 0.25) is 0 Å². The lowest BCUT2D eigenvalue weighted by atomic mass is 10.1. The molecule has 1 amide bonds. The molecule has 1 aromatic carbocycles. The summed E-state index contributed by atoms with van der Waals surface area (Å²) >= 11 is 1.39. The highest BCUT2D eigenvalue weighted by molar-refractivity contribution is 7.09. The minimum atomic E-state index is -0.235. The van der Waals surface area contributed by atoms with Gasteiger partial charge in [0.25, 0.3) is 5.91 Å². The molecule has 0 spiro atoms. The molecule has 0 unspecified atom stereocenters. The standard InChI is InChI=1S/C15H14N4OS/c1-9-6-12(10-4-2-3-5-11(10)17-9)19-15(20)13-8-21-14(7-16)18-13/h2-6,8H,7,16H2,1H3,(H,17,19,20). The molecule has 2 aromatic heterocycles. The van der Waals surface area contributed by atoms with Crippen LogP contribution in [0, 0.1) is 6.92 Å². The van der Waals surface area contributed by atoms with Gasteiger partial charge in [-0.15, -0.1) is 11.3 Å². The lowest BCUT2D eigenvalue weighted by molar-refractivity contribution is 0.102. The highest BCUT2D eigenvalue weighted by atomic mass is 32.1. The van der Waals surface area contributed by atoms with Crippen LogP contribution in [-0.4, -0.2) is 15.9 Å². The van der Waals surface area contributed by atoms with Crippen LogP contribution in [0.3, 0.4) is 0 Å². The molecule has 106 valence electrons. The fourth-order valence-electron chi connectivity index (χ4n) is 2.11. The maximum Gasteiger partial charge on any atom is 0.275 e.